The van der Waals surface area contributed by atoms with Gasteiger partial charge in [-0.2, -0.15) is 0 Å². The van der Waals surface area contributed by atoms with Gasteiger partial charge in [-0.15, -0.1) is 0 Å². The number of nitrogens with one attached hydrogen (secondary N) is 2. The van der Waals surface area contributed by atoms with E-state index in [2.05, 4.69) is 26.6 Å². The number of halogens is 3. The largest absolute Gasteiger partial charge is 0.348 e. The van der Waals surface area contributed by atoms with Crippen LogP contribution in [-0.4, -0.2) is 25.0 Å². The molecule has 3 nitrogen and oxygen atoms in total. The van der Waals surface area contributed by atoms with E-state index in [1.807, 2.05) is 0 Å². The highest BCUT2D eigenvalue weighted by atomic mass is 79.9. The average molecular weight is 319 g/mol. The first kappa shape index (κ1) is 13.4. The van der Waals surface area contributed by atoms with Crippen LogP contribution in [-0.2, 0) is 0 Å². The van der Waals surface area contributed by atoms with Crippen LogP contribution in [0.5, 0.6) is 0 Å². The van der Waals surface area contributed by atoms with Gasteiger partial charge in [0.15, 0.2) is 11.6 Å². The molecule has 1 unspecified atom stereocenters. The predicted octanol–water partition coefficient (Wildman–Crippen LogP) is 2.21. The van der Waals surface area contributed by atoms with Gasteiger partial charge in [0.25, 0.3) is 5.91 Å². The standard InChI is InChI=1S/C12H13BrF2N2O/c13-9-5-11(15)10(14)4-8(9)12(18)17-7-2-1-3-16-6-7/h4-5,7,16H,1-3,6H2,(H,17,18). The maximum atomic E-state index is 13.1. The normalized spacial score (nSPS) is 19.6. The molecule has 18 heavy (non-hydrogen) atoms. The maximum Gasteiger partial charge on any atom is 0.252 e. The van der Waals surface area contributed by atoms with Crippen molar-refractivity contribution < 1.29 is 13.6 Å². The second-order valence-corrected chi connectivity index (χ2v) is 5.12. The van der Waals surface area contributed by atoms with Crippen molar-refractivity contribution in [3.05, 3.63) is 33.8 Å². The molecule has 2 rings (SSSR count). The van der Waals surface area contributed by atoms with E-state index in [4.69, 9.17) is 0 Å². The van der Waals surface area contributed by atoms with Crippen molar-refractivity contribution in [2.75, 3.05) is 13.1 Å². The summed E-state index contributed by atoms with van der Waals surface area (Å²) in [7, 11) is 0. The fourth-order valence-corrected chi connectivity index (χ4v) is 2.43. The zero-order valence-corrected chi connectivity index (χ0v) is 11.2. The summed E-state index contributed by atoms with van der Waals surface area (Å²) in [5, 5.41) is 5.97. The Labute approximate surface area is 112 Å². The lowest BCUT2D eigenvalue weighted by atomic mass is 10.1. The quantitative estimate of drug-likeness (QED) is 0.821. The van der Waals surface area contributed by atoms with E-state index >= 15 is 0 Å². The van der Waals surface area contributed by atoms with E-state index in [0.29, 0.717) is 6.54 Å². The molecule has 1 fully saturated rings. The zero-order chi connectivity index (χ0) is 13.1. The topological polar surface area (TPSA) is 41.1 Å². The van der Waals surface area contributed by atoms with E-state index < -0.39 is 17.5 Å². The lowest BCUT2D eigenvalue weighted by molar-refractivity contribution is 0.0929. The van der Waals surface area contributed by atoms with Gasteiger partial charge >= 0.3 is 0 Å². The molecule has 1 heterocycles. The number of rotatable bonds is 2. The molecular weight excluding hydrogens is 306 g/mol. The maximum absolute atomic E-state index is 13.1. The summed E-state index contributed by atoms with van der Waals surface area (Å²) in [4.78, 5) is 11.9. The van der Waals surface area contributed by atoms with Gasteiger partial charge in [0.05, 0.1) is 5.56 Å². The van der Waals surface area contributed by atoms with E-state index in [0.717, 1.165) is 31.5 Å². The smallest absolute Gasteiger partial charge is 0.252 e. The second-order valence-electron chi connectivity index (χ2n) is 4.26. The van der Waals surface area contributed by atoms with Gasteiger partial charge < -0.3 is 10.6 Å². The summed E-state index contributed by atoms with van der Waals surface area (Å²) in [5.74, 6) is -2.39. The van der Waals surface area contributed by atoms with Gasteiger partial charge in [-0.1, -0.05) is 0 Å². The Morgan fingerprint density at radius 1 is 1.39 bits per heavy atom. The minimum atomic E-state index is -1.02. The van der Waals surface area contributed by atoms with Gasteiger partial charge in [-0.05, 0) is 47.4 Å². The molecule has 1 aromatic carbocycles. The molecular formula is C12H13BrF2N2O. The molecule has 0 aromatic heterocycles. The van der Waals surface area contributed by atoms with Crippen LogP contribution in [0, 0.1) is 11.6 Å². The minimum absolute atomic E-state index is 0.0336. The first-order chi connectivity index (χ1) is 8.58. The lowest BCUT2D eigenvalue weighted by Crippen LogP contribution is -2.45. The van der Waals surface area contributed by atoms with E-state index in [-0.39, 0.29) is 16.1 Å². The van der Waals surface area contributed by atoms with Crippen LogP contribution in [0.4, 0.5) is 8.78 Å². The highest BCUT2D eigenvalue weighted by molar-refractivity contribution is 9.10. The average Bonchev–Trinajstić information content (AvgIpc) is 2.35. The molecule has 1 atom stereocenters. The van der Waals surface area contributed by atoms with Gasteiger partial charge in [0, 0.05) is 17.1 Å². The summed E-state index contributed by atoms with van der Waals surface area (Å²) >= 11 is 3.06. The van der Waals surface area contributed by atoms with Gasteiger partial charge in [0.2, 0.25) is 0 Å². The van der Waals surface area contributed by atoms with E-state index in [1.165, 1.54) is 0 Å². The van der Waals surface area contributed by atoms with Crippen molar-refractivity contribution in [2.45, 2.75) is 18.9 Å². The van der Waals surface area contributed by atoms with Gasteiger partial charge in [0.1, 0.15) is 0 Å². The molecule has 1 aromatic rings. The van der Waals surface area contributed by atoms with Crippen LogP contribution in [0.3, 0.4) is 0 Å². The second kappa shape index (κ2) is 5.75. The van der Waals surface area contributed by atoms with Crippen molar-refractivity contribution in [3.8, 4) is 0 Å². The summed E-state index contributed by atoms with van der Waals surface area (Å²) in [6.07, 6.45) is 1.88. The molecule has 1 aliphatic rings. The highest BCUT2D eigenvalue weighted by Gasteiger charge is 2.19. The summed E-state index contributed by atoms with van der Waals surface area (Å²) in [6.45, 7) is 1.65. The number of carbonyl (C=O) groups excluding carboxylic acids is 1. The fraction of sp³-hybridized carbons (Fsp3) is 0.417. The molecule has 98 valence electrons. The first-order valence-corrected chi connectivity index (χ1v) is 6.53. The zero-order valence-electron chi connectivity index (χ0n) is 9.60. The fourth-order valence-electron chi connectivity index (χ4n) is 1.93. The SMILES string of the molecule is O=C(NC1CCCNC1)c1cc(F)c(F)cc1Br. The molecule has 6 heteroatoms. The third-order valence-electron chi connectivity index (χ3n) is 2.89. The van der Waals surface area contributed by atoms with Crippen molar-refractivity contribution in [2.24, 2.45) is 0 Å². The van der Waals surface area contributed by atoms with E-state index in [1.54, 1.807) is 0 Å². The molecule has 2 N–H and O–H groups in total. The summed E-state index contributed by atoms with van der Waals surface area (Å²) in [6, 6.07) is 1.90. The Kier molecular flexibility index (Phi) is 4.29. The number of hydrogen-bond donors (Lipinski definition) is 2. The van der Waals surface area contributed by atoms with Crippen LogP contribution in [0.2, 0.25) is 0 Å². The number of amides is 1. The lowest BCUT2D eigenvalue weighted by Gasteiger charge is -2.24. The molecule has 0 radical (unpaired) electrons. The van der Waals surface area contributed by atoms with Crippen molar-refractivity contribution in [3.63, 3.8) is 0 Å². The molecule has 0 bridgehead atoms. The molecule has 1 aliphatic heterocycles. The monoisotopic (exact) mass is 318 g/mol. The third-order valence-corrected chi connectivity index (χ3v) is 3.54. The van der Waals surface area contributed by atoms with E-state index in [9.17, 15) is 13.6 Å². The van der Waals surface area contributed by atoms with Crippen molar-refractivity contribution in [1.82, 2.24) is 10.6 Å². The molecule has 0 saturated carbocycles. The Bertz CT molecular complexity index is 462. The van der Waals surface area contributed by atoms with Crippen molar-refractivity contribution >= 4 is 21.8 Å². The summed E-state index contributed by atoms with van der Waals surface area (Å²) < 4.78 is 26.3. The number of piperidine rings is 1. The van der Waals surface area contributed by atoms with Crippen LogP contribution >= 0.6 is 15.9 Å². The Morgan fingerprint density at radius 2 is 2.11 bits per heavy atom. The van der Waals surface area contributed by atoms with Gasteiger partial charge in [-0.25, -0.2) is 8.78 Å². The van der Waals surface area contributed by atoms with Gasteiger partial charge in [-0.3, -0.25) is 4.79 Å². The van der Waals surface area contributed by atoms with Crippen LogP contribution in [0.15, 0.2) is 16.6 Å². The third kappa shape index (κ3) is 3.05. The molecule has 0 spiro atoms. The molecule has 1 saturated heterocycles. The number of benzene rings is 1. The Morgan fingerprint density at radius 3 is 2.78 bits per heavy atom. The Balaban J connectivity index is 2.10. The summed E-state index contributed by atoms with van der Waals surface area (Å²) in [5.41, 5.74) is 0.111. The van der Waals surface area contributed by atoms with Crippen LogP contribution in [0.1, 0.15) is 23.2 Å². The van der Waals surface area contributed by atoms with Crippen LogP contribution < -0.4 is 10.6 Å². The van der Waals surface area contributed by atoms with Crippen LogP contribution in [0.25, 0.3) is 0 Å². The Hall–Kier alpha value is -1.01. The number of hydrogen-bond acceptors (Lipinski definition) is 2. The first-order valence-electron chi connectivity index (χ1n) is 5.74. The highest BCUT2D eigenvalue weighted by Crippen LogP contribution is 2.20. The predicted molar refractivity (Wildman–Crippen MR) is 67.4 cm³/mol. The number of carbonyl (C=O) groups is 1. The molecule has 1 amide bonds. The van der Waals surface area contributed by atoms with Crippen molar-refractivity contribution in [1.29, 1.82) is 0 Å². The minimum Gasteiger partial charge on any atom is -0.348 e. The molecule has 0 aliphatic carbocycles.